The summed E-state index contributed by atoms with van der Waals surface area (Å²) in [6.07, 6.45) is 2.60. The third kappa shape index (κ3) is 2.49. The van der Waals surface area contributed by atoms with Gasteiger partial charge in [-0.3, -0.25) is 0 Å². The summed E-state index contributed by atoms with van der Waals surface area (Å²) in [5.41, 5.74) is 0. The Bertz CT molecular complexity index is 241. The Morgan fingerprint density at radius 1 is 1.83 bits per heavy atom. The van der Waals surface area contributed by atoms with E-state index in [1.165, 1.54) is 11.8 Å². The van der Waals surface area contributed by atoms with Crippen molar-refractivity contribution in [3.8, 4) is 0 Å². The molecule has 68 valence electrons. The lowest BCUT2D eigenvalue weighted by Crippen LogP contribution is -2.12. The second kappa shape index (κ2) is 4.47. The van der Waals surface area contributed by atoms with Crippen molar-refractivity contribution in [1.29, 1.82) is 0 Å². The highest BCUT2D eigenvalue weighted by Gasteiger charge is 2.06. The van der Waals surface area contributed by atoms with Crippen molar-refractivity contribution in [3.05, 3.63) is 12.4 Å². The molecule has 0 amide bonds. The maximum Gasteiger partial charge on any atom is 0.167 e. The fourth-order valence-electron chi connectivity index (χ4n) is 0.706. The average Bonchev–Trinajstić information content (AvgIpc) is 2.47. The third-order valence-corrected chi connectivity index (χ3v) is 2.56. The number of alkyl halides is 1. The number of imidazole rings is 1. The van der Waals surface area contributed by atoms with Gasteiger partial charge in [-0.15, -0.1) is 0 Å². The Labute approximate surface area is 74.6 Å². The van der Waals surface area contributed by atoms with Crippen LogP contribution in [0.1, 0.15) is 0 Å². The van der Waals surface area contributed by atoms with Crippen LogP contribution in [0.3, 0.4) is 0 Å². The molecule has 0 fully saturated rings. The molecule has 1 rings (SSSR count). The van der Waals surface area contributed by atoms with Crippen LogP contribution in [0.25, 0.3) is 0 Å². The smallest absolute Gasteiger partial charge is 0.167 e. The fraction of sp³-hybridized carbons (Fsp3) is 0.571. The van der Waals surface area contributed by atoms with Crippen LogP contribution in [0.4, 0.5) is 4.39 Å². The molecule has 1 aromatic heterocycles. The summed E-state index contributed by atoms with van der Waals surface area (Å²) in [4.78, 5) is 4.01. The number of nitrogens with zero attached hydrogens (tertiary/aromatic N) is 2. The molecule has 5 heteroatoms. The molecule has 0 aliphatic carbocycles. The van der Waals surface area contributed by atoms with Crippen LogP contribution < -0.4 is 0 Å². The van der Waals surface area contributed by atoms with Crippen LogP contribution in [-0.2, 0) is 7.05 Å². The lowest BCUT2D eigenvalue weighted by molar-refractivity contribution is 0.162. The van der Waals surface area contributed by atoms with Crippen molar-refractivity contribution in [3.63, 3.8) is 0 Å². The van der Waals surface area contributed by atoms with Crippen molar-refractivity contribution in [2.45, 2.75) is 11.3 Å². The predicted octanol–water partition coefficient (Wildman–Crippen LogP) is 0.843. The first kappa shape index (κ1) is 9.54. The van der Waals surface area contributed by atoms with Gasteiger partial charge in [0.1, 0.15) is 6.67 Å². The zero-order chi connectivity index (χ0) is 8.97. The molecule has 0 saturated carbocycles. The van der Waals surface area contributed by atoms with E-state index < -0.39 is 12.8 Å². The van der Waals surface area contributed by atoms with Crippen molar-refractivity contribution in [1.82, 2.24) is 9.55 Å². The molecule has 0 bridgehead atoms. The SMILES string of the molecule is Cn1ccnc1SCC(O)CF. The lowest BCUT2D eigenvalue weighted by atomic mass is 10.5. The van der Waals surface area contributed by atoms with Gasteiger partial charge >= 0.3 is 0 Å². The topological polar surface area (TPSA) is 38.0 Å². The lowest BCUT2D eigenvalue weighted by Gasteiger charge is -2.04. The Hall–Kier alpha value is -0.550. The molecule has 0 saturated heterocycles. The van der Waals surface area contributed by atoms with Gasteiger partial charge in [0.15, 0.2) is 5.16 Å². The van der Waals surface area contributed by atoms with Gasteiger partial charge in [-0.1, -0.05) is 11.8 Å². The standard InChI is InChI=1S/C7H11FN2OS/c1-10-3-2-9-7(10)12-5-6(11)4-8/h2-3,6,11H,4-5H2,1H3. The number of aliphatic hydroxyl groups excluding tert-OH is 1. The molecule has 12 heavy (non-hydrogen) atoms. The van der Waals surface area contributed by atoms with Gasteiger partial charge in [-0.25, -0.2) is 9.37 Å². The van der Waals surface area contributed by atoms with E-state index in [0.717, 1.165) is 5.16 Å². The maximum atomic E-state index is 11.8. The first-order chi connectivity index (χ1) is 5.74. The normalized spacial score (nSPS) is 13.2. The van der Waals surface area contributed by atoms with Crippen molar-refractivity contribution >= 4 is 11.8 Å². The van der Waals surface area contributed by atoms with Crippen LogP contribution in [0.15, 0.2) is 17.6 Å². The van der Waals surface area contributed by atoms with Crippen molar-refractivity contribution < 1.29 is 9.50 Å². The number of thioether (sulfide) groups is 1. The number of halogens is 1. The Morgan fingerprint density at radius 2 is 2.58 bits per heavy atom. The number of hydrogen-bond donors (Lipinski definition) is 1. The van der Waals surface area contributed by atoms with Crippen LogP contribution >= 0.6 is 11.8 Å². The summed E-state index contributed by atoms with van der Waals surface area (Å²) in [7, 11) is 1.86. The van der Waals surface area contributed by atoms with Gasteiger partial charge in [0.2, 0.25) is 0 Å². The minimum absolute atomic E-state index is 0.349. The molecule has 1 aromatic rings. The third-order valence-electron chi connectivity index (χ3n) is 1.36. The molecule has 1 N–H and O–H groups in total. The van der Waals surface area contributed by atoms with Gasteiger partial charge < -0.3 is 9.67 Å². The highest BCUT2D eigenvalue weighted by atomic mass is 32.2. The highest BCUT2D eigenvalue weighted by Crippen LogP contribution is 2.15. The number of hydrogen-bond acceptors (Lipinski definition) is 3. The summed E-state index contributed by atoms with van der Waals surface area (Å²) in [5, 5.41) is 9.71. The molecular weight excluding hydrogens is 179 g/mol. The monoisotopic (exact) mass is 190 g/mol. The molecule has 0 aliphatic heterocycles. The summed E-state index contributed by atoms with van der Waals surface area (Å²) in [6.45, 7) is -0.697. The maximum absolute atomic E-state index is 11.8. The molecule has 3 nitrogen and oxygen atoms in total. The molecule has 1 unspecified atom stereocenters. The first-order valence-electron chi connectivity index (χ1n) is 3.58. The van der Waals surface area contributed by atoms with E-state index in [4.69, 9.17) is 5.11 Å². The van der Waals surface area contributed by atoms with E-state index in [9.17, 15) is 4.39 Å². The molecular formula is C7H11FN2OS. The first-order valence-corrected chi connectivity index (χ1v) is 4.56. The molecule has 1 atom stereocenters. The van der Waals surface area contributed by atoms with Crippen LogP contribution in [0, 0.1) is 0 Å². The van der Waals surface area contributed by atoms with Gasteiger partial charge in [-0.2, -0.15) is 0 Å². The second-order valence-corrected chi connectivity index (χ2v) is 3.43. The second-order valence-electron chi connectivity index (χ2n) is 2.44. The molecule has 0 spiro atoms. The Balaban J connectivity index is 2.38. The zero-order valence-corrected chi connectivity index (χ0v) is 7.59. The number of aryl methyl sites for hydroxylation is 1. The Kier molecular flexibility index (Phi) is 3.55. The number of rotatable bonds is 4. The summed E-state index contributed by atoms with van der Waals surface area (Å²) in [5.74, 6) is 0.349. The molecule has 0 aliphatic rings. The van der Waals surface area contributed by atoms with Crippen LogP contribution in [0.2, 0.25) is 0 Å². The van der Waals surface area contributed by atoms with E-state index in [1.807, 2.05) is 17.8 Å². The summed E-state index contributed by atoms with van der Waals surface area (Å²) in [6, 6.07) is 0. The van der Waals surface area contributed by atoms with Gasteiger partial charge in [0.05, 0.1) is 6.10 Å². The highest BCUT2D eigenvalue weighted by molar-refractivity contribution is 7.99. The van der Waals surface area contributed by atoms with E-state index in [1.54, 1.807) is 6.20 Å². The van der Waals surface area contributed by atoms with E-state index in [2.05, 4.69) is 4.98 Å². The van der Waals surface area contributed by atoms with Gasteiger partial charge in [-0.05, 0) is 0 Å². The molecule has 0 radical (unpaired) electrons. The fourth-order valence-corrected chi connectivity index (χ4v) is 1.54. The predicted molar refractivity (Wildman–Crippen MR) is 45.9 cm³/mol. The number of aliphatic hydroxyl groups is 1. The average molecular weight is 190 g/mol. The minimum atomic E-state index is -0.883. The van der Waals surface area contributed by atoms with Crippen molar-refractivity contribution in [2.75, 3.05) is 12.4 Å². The van der Waals surface area contributed by atoms with Crippen LogP contribution in [-0.4, -0.2) is 33.2 Å². The van der Waals surface area contributed by atoms with Gasteiger partial charge in [0, 0.05) is 25.2 Å². The summed E-state index contributed by atoms with van der Waals surface area (Å²) < 4.78 is 13.7. The zero-order valence-electron chi connectivity index (χ0n) is 6.77. The Morgan fingerprint density at radius 3 is 3.08 bits per heavy atom. The molecule has 0 aromatic carbocycles. The van der Waals surface area contributed by atoms with E-state index >= 15 is 0 Å². The van der Waals surface area contributed by atoms with Gasteiger partial charge in [0.25, 0.3) is 0 Å². The van der Waals surface area contributed by atoms with Crippen molar-refractivity contribution in [2.24, 2.45) is 7.05 Å². The quantitative estimate of drug-likeness (QED) is 0.715. The van der Waals surface area contributed by atoms with Crippen LogP contribution in [0.5, 0.6) is 0 Å². The molecule has 1 heterocycles. The summed E-state index contributed by atoms with van der Waals surface area (Å²) >= 11 is 1.35. The number of aromatic nitrogens is 2. The largest absolute Gasteiger partial charge is 0.390 e. The van der Waals surface area contributed by atoms with E-state index in [-0.39, 0.29) is 0 Å². The van der Waals surface area contributed by atoms with E-state index in [0.29, 0.717) is 5.75 Å². The minimum Gasteiger partial charge on any atom is -0.390 e.